The van der Waals surface area contributed by atoms with E-state index in [-0.39, 0.29) is 0 Å². The van der Waals surface area contributed by atoms with Gasteiger partial charge in [-0.3, -0.25) is 0 Å². The van der Waals surface area contributed by atoms with Crippen molar-refractivity contribution in [3.05, 3.63) is 33.8 Å². The van der Waals surface area contributed by atoms with E-state index in [1.165, 1.54) is 5.56 Å². The quantitative estimate of drug-likeness (QED) is 0.712. The molecule has 0 spiro atoms. The van der Waals surface area contributed by atoms with Gasteiger partial charge >= 0.3 is 0 Å². The van der Waals surface area contributed by atoms with E-state index in [9.17, 15) is 0 Å². The van der Waals surface area contributed by atoms with Gasteiger partial charge in [-0.2, -0.15) is 11.8 Å². The van der Waals surface area contributed by atoms with E-state index >= 15 is 0 Å². The summed E-state index contributed by atoms with van der Waals surface area (Å²) in [7, 11) is 0. The molecule has 0 nitrogen and oxygen atoms in total. The molecule has 0 aromatic heterocycles. The molecule has 0 aliphatic carbocycles. The molecule has 0 heterocycles. The van der Waals surface area contributed by atoms with Gasteiger partial charge in [-0.1, -0.05) is 29.3 Å². The van der Waals surface area contributed by atoms with Crippen LogP contribution >= 0.6 is 35.0 Å². The first kappa shape index (κ1) is 10.2. The van der Waals surface area contributed by atoms with Crippen molar-refractivity contribution >= 4 is 35.0 Å². The Bertz CT molecular complexity index is 273. The summed E-state index contributed by atoms with van der Waals surface area (Å²) >= 11 is 13.5. The zero-order valence-corrected chi connectivity index (χ0v) is 9.30. The van der Waals surface area contributed by atoms with E-state index in [1.807, 2.05) is 18.2 Å². The monoisotopic (exact) mass is 220 g/mol. The predicted octanol–water partition coefficient (Wildman–Crippen LogP) is 4.42. The maximum Gasteiger partial charge on any atom is 0.0595 e. The van der Waals surface area contributed by atoms with Crippen molar-refractivity contribution in [3.63, 3.8) is 0 Å². The van der Waals surface area contributed by atoms with Crippen molar-refractivity contribution in [1.29, 1.82) is 0 Å². The lowest BCUT2D eigenvalue weighted by Crippen LogP contribution is -1.86. The van der Waals surface area contributed by atoms with Gasteiger partial charge in [0.1, 0.15) is 0 Å². The van der Waals surface area contributed by atoms with E-state index in [0.717, 1.165) is 0 Å². The van der Waals surface area contributed by atoms with Crippen LogP contribution in [0.5, 0.6) is 0 Å². The van der Waals surface area contributed by atoms with Crippen LogP contribution < -0.4 is 0 Å². The SMILES string of the molecule is CSC(C)c1ccc(Cl)c(Cl)c1. The van der Waals surface area contributed by atoms with Crippen molar-refractivity contribution in [2.75, 3.05) is 6.26 Å². The number of hydrogen-bond acceptors (Lipinski definition) is 1. The molecule has 1 rings (SSSR count). The molecule has 0 bridgehead atoms. The van der Waals surface area contributed by atoms with Gasteiger partial charge in [0, 0.05) is 5.25 Å². The third-order valence-electron chi connectivity index (χ3n) is 1.77. The lowest BCUT2D eigenvalue weighted by Gasteiger charge is -2.08. The fourth-order valence-electron chi connectivity index (χ4n) is 0.901. The smallest absolute Gasteiger partial charge is 0.0595 e. The average molecular weight is 221 g/mol. The Morgan fingerprint density at radius 3 is 2.42 bits per heavy atom. The highest BCUT2D eigenvalue weighted by atomic mass is 35.5. The van der Waals surface area contributed by atoms with Crippen LogP contribution in [0.1, 0.15) is 17.7 Å². The Morgan fingerprint density at radius 2 is 1.92 bits per heavy atom. The second kappa shape index (κ2) is 4.40. The van der Waals surface area contributed by atoms with Crippen LogP contribution in [0.2, 0.25) is 10.0 Å². The molecule has 0 aliphatic rings. The second-order valence-electron chi connectivity index (χ2n) is 2.55. The fourth-order valence-corrected chi connectivity index (χ4v) is 1.63. The van der Waals surface area contributed by atoms with Crippen LogP contribution in [0, 0.1) is 0 Å². The normalized spacial score (nSPS) is 13.0. The minimum Gasteiger partial charge on any atom is -0.157 e. The molecule has 1 unspecified atom stereocenters. The molecule has 0 radical (unpaired) electrons. The van der Waals surface area contributed by atoms with Crippen LogP contribution in [0.25, 0.3) is 0 Å². The number of benzene rings is 1. The standard InChI is InChI=1S/C9H10Cl2S/c1-6(12-2)7-3-4-8(10)9(11)5-7/h3-6H,1-2H3. The van der Waals surface area contributed by atoms with Crippen molar-refractivity contribution < 1.29 is 0 Å². The van der Waals surface area contributed by atoms with Crippen LogP contribution in [0.15, 0.2) is 18.2 Å². The Kier molecular flexibility index (Phi) is 3.76. The summed E-state index contributed by atoms with van der Waals surface area (Å²) in [5.41, 5.74) is 1.22. The molecular formula is C9H10Cl2S. The molecule has 3 heteroatoms. The van der Waals surface area contributed by atoms with Crippen LogP contribution in [0.4, 0.5) is 0 Å². The van der Waals surface area contributed by atoms with Gasteiger partial charge in [-0.05, 0) is 30.9 Å². The first-order valence-corrected chi connectivity index (χ1v) is 5.67. The zero-order chi connectivity index (χ0) is 9.14. The topological polar surface area (TPSA) is 0 Å². The Morgan fingerprint density at radius 1 is 1.25 bits per heavy atom. The number of thioether (sulfide) groups is 1. The van der Waals surface area contributed by atoms with Gasteiger partial charge in [0.15, 0.2) is 0 Å². The molecule has 0 N–H and O–H groups in total. The highest BCUT2D eigenvalue weighted by Crippen LogP contribution is 2.30. The summed E-state index contributed by atoms with van der Waals surface area (Å²) in [5.74, 6) is 0. The largest absolute Gasteiger partial charge is 0.157 e. The minimum atomic E-state index is 0.472. The second-order valence-corrected chi connectivity index (χ2v) is 4.54. The molecule has 66 valence electrons. The summed E-state index contributed by atoms with van der Waals surface area (Å²) in [4.78, 5) is 0. The Hall–Kier alpha value is 0.150. The molecule has 1 atom stereocenters. The van der Waals surface area contributed by atoms with Gasteiger partial charge in [0.2, 0.25) is 0 Å². The molecule has 1 aromatic rings. The summed E-state index contributed by atoms with van der Waals surface area (Å²) in [5, 5.41) is 1.73. The van der Waals surface area contributed by atoms with E-state index in [4.69, 9.17) is 23.2 Å². The number of hydrogen-bond donors (Lipinski definition) is 0. The number of halogens is 2. The third-order valence-corrected chi connectivity index (χ3v) is 3.48. The van der Waals surface area contributed by atoms with Gasteiger partial charge in [0.05, 0.1) is 10.0 Å². The lowest BCUT2D eigenvalue weighted by molar-refractivity contribution is 1.10. The minimum absolute atomic E-state index is 0.472. The maximum atomic E-state index is 5.87. The maximum absolute atomic E-state index is 5.87. The molecule has 0 saturated heterocycles. The first-order valence-electron chi connectivity index (χ1n) is 3.63. The molecule has 0 saturated carbocycles. The molecular weight excluding hydrogens is 211 g/mol. The van der Waals surface area contributed by atoms with Crippen LogP contribution in [0.3, 0.4) is 0 Å². The van der Waals surface area contributed by atoms with E-state index in [2.05, 4.69) is 13.2 Å². The van der Waals surface area contributed by atoms with Crippen molar-refractivity contribution in [3.8, 4) is 0 Å². The van der Waals surface area contributed by atoms with E-state index < -0.39 is 0 Å². The summed E-state index contributed by atoms with van der Waals surface area (Å²) < 4.78 is 0. The van der Waals surface area contributed by atoms with Crippen LogP contribution in [-0.2, 0) is 0 Å². The summed E-state index contributed by atoms with van der Waals surface area (Å²) in [6, 6.07) is 5.77. The third kappa shape index (κ3) is 2.32. The molecule has 12 heavy (non-hydrogen) atoms. The Labute approximate surface area is 87.3 Å². The fraction of sp³-hybridized carbons (Fsp3) is 0.333. The van der Waals surface area contributed by atoms with Crippen molar-refractivity contribution in [2.24, 2.45) is 0 Å². The van der Waals surface area contributed by atoms with Gasteiger partial charge in [-0.15, -0.1) is 0 Å². The average Bonchev–Trinajstić information content (AvgIpc) is 2.08. The van der Waals surface area contributed by atoms with Crippen LogP contribution in [-0.4, -0.2) is 6.26 Å². The Balaban J connectivity index is 2.96. The predicted molar refractivity (Wildman–Crippen MR) is 58.4 cm³/mol. The van der Waals surface area contributed by atoms with E-state index in [0.29, 0.717) is 15.3 Å². The van der Waals surface area contributed by atoms with Gasteiger partial charge in [-0.25, -0.2) is 0 Å². The summed E-state index contributed by atoms with van der Waals surface area (Å²) in [6.45, 7) is 2.14. The van der Waals surface area contributed by atoms with Gasteiger partial charge < -0.3 is 0 Å². The highest BCUT2D eigenvalue weighted by Gasteiger charge is 2.05. The van der Waals surface area contributed by atoms with Crippen molar-refractivity contribution in [1.82, 2.24) is 0 Å². The zero-order valence-electron chi connectivity index (χ0n) is 6.97. The van der Waals surface area contributed by atoms with Crippen molar-refractivity contribution in [2.45, 2.75) is 12.2 Å². The first-order chi connectivity index (χ1) is 5.65. The molecule has 0 fully saturated rings. The number of rotatable bonds is 2. The molecule has 0 aliphatic heterocycles. The van der Waals surface area contributed by atoms with Gasteiger partial charge in [0.25, 0.3) is 0 Å². The highest BCUT2D eigenvalue weighted by molar-refractivity contribution is 7.98. The molecule has 0 amide bonds. The molecule has 1 aromatic carbocycles. The van der Waals surface area contributed by atoms with E-state index in [1.54, 1.807) is 11.8 Å². The summed E-state index contributed by atoms with van der Waals surface area (Å²) in [6.07, 6.45) is 2.08. The lowest BCUT2D eigenvalue weighted by atomic mass is 10.2.